The zero-order valence-corrected chi connectivity index (χ0v) is 12.6. The van der Waals surface area contributed by atoms with Crippen LogP contribution in [0.25, 0.3) is 11.0 Å². The number of aromatic amines is 1. The minimum atomic E-state index is 0.519. The predicted molar refractivity (Wildman–Crippen MR) is 84.1 cm³/mol. The lowest BCUT2D eigenvalue weighted by molar-refractivity contribution is 0.208. The second-order valence-electron chi connectivity index (χ2n) is 6.13. The molecule has 0 saturated carbocycles. The molecule has 108 valence electrons. The zero-order chi connectivity index (χ0) is 14.1. The zero-order valence-electron chi connectivity index (χ0n) is 12.6. The average Bonchev–Trinajstić information content (AvgIpc) is 2.78. The summed E-state index contributed by atoms with van der Waals surface area (Å²) in [6.07, 6.45) is 2.58. The molecular weight excluding hydrogens is 248 g/mol. The molecule has 4 heteroatoms. The van der Waals surface area contributed by atoms with E-state index in [0.717, 1.165) is 22.8 Å². The summed E-state index contributed by atoms with van der Waals surface area (Å²) >= 11 is 0. The molecule has 1 fully saturated rings. The molecule has 0 amide bonds. The molecule has 2 heterocycles. The highest BCUT2D eigenvalue weighted by molar-refractivity contribution is 5.79. The molecule has 4 nitrogen and oxygen atoms in total. The van der Waals surface area contributed by atoms with Crippen molar-refractivity contribution in [2.45, 2.75) is 32.7 Å². The van der Waals surface area contributed by atoms with Gasteiger partial charge < -0.3 is 15.2 Å². The lowest BCUT2D eigenvalue weighted by Crippen LogP contribution is -2.37. The van der Waals surface area contributed by atoms with Crippen molar-refractivity contribution in [1.82, 2.24) is 14.9 Å². The van der Waals surface area contributed by atoms with E-state index in [0.29, 0.717) is 6.04 Å². The highest BCUT2D eigenvalue weighted by atomic mass is 15.1. The molecule has 0 aliphatic carbocycles. The standard InChI is InChI=1S/C16H24N4/c1-11(13-6-8-20(3)9-7-13)17-14-4-5-15-16(10-14)19-12(2)18-15/h4-5,10-11,13,17H,6-9H2,1-3H3,(H,18,19). The third-order valence-corrected chi connectivity index (χ3v) is 4.46. The molecule has 2 aromatic rings. The SMILES string of the molecule is Cc1nc2ccc(NC(C)C3CCN(C)CC3)cc2[nH]1. The quantitative estimate of drug-likeness (QED) is 0.902. The second-order valence-corrected chi connectivity index (χ2v) is 6.13. The van der Waals surface area contributed by atoms with Gasteiger partial charge in [-0.15, -0.1) is 0 Å². The Morgan fingerprint density at radius 3 is 2.85 bits per heavy atom. The Kier molecular flexibility index (Phi) is 3.66. The molecule has 1 unspecified atom stereocenters. The van der Waals surface area contributed by atoms with Crippen LogP contribution in [0.1, 0.15) is 25.6 Å². The van der Waals surface area contributed by atoms with E-state index in [1.54, 1.807) is 0 Å². The Labute approximate surface area is 120 Å². The van der Waals surface area contributed by atoms with Gasteiger partial charge in [-0.1, -0.05) is 0 Å². The van der Waals surface area contributed by atoms with Gasteiger partial charge in [-0.2, -0.15) is 0 Å². The molecule has 1 aliphatic heterocycles. The minimum Gasteiger partial charge on any atom is -0.382 e. The summed E-state index contributed by atoms with van der Waals surface area (Å²) in [6, 6.07) is 6.90. The third-order valence-electron chi connectivity index (χ3n) is 4.46. The number of nitrogens with zero attached hydrogens (tertiary/aromatic N) is 2. The number of nitrogens with one attached hydrogen (secondary N) is 2. The summed E-state index contributed by atoms with van der Waals surface area (Å²) in [6.45, 7) is 6.73. The van der Waals surface area contributed by atoms with Crippen molar-refractivity contribution < 1.29 is 0 Å². The van der Waals surface area contributed by atoms with E-state index in [4.69, 9.17) is 0 Å². The molecule has 3 rings (SSSR count). The minimum absolute atomic E-state index is 0.519. The van der Waals surface area contributed by atoms with Crippen LogP contribution in [0.5, 0.6) is 0 Å². The third kappa shape index (κ3) is 2.80. The number of hydrogen-bond acceptors (Lipinski definition) is 3. The van der Waals surface area contributed by atoms with Gasteiger partial charge in [0, 0.05) is 11.7 Å². The van der Waals surface area contributed by atoms with Crippen LogP contribution in [-0.4, -0.2) is 41.0 Å². The summed E-state index contributed by atoms with van der Waals surface area (Å²) in [4.78, 5) is 10.2. The van der Waals surface area contributed by atoms with Crippen LogP contribution in [0.4, 0.5) is 5.69 Å². The normalized spacial score (nSPS) is 19.4. The van der Waals surface area contributed by atoms with E-state index in [1.165, 1.54) is 31.6 Å². The van der Waals surface area contributed by atoms with Crippen LogP contribution < -0.4 is 5.32 Å². The first-order chi connectivity index (χ1) is 9.61. The number of aromatic nitrogens is 2. The largest absolute Gasteiger partial charge is 0.382 e. The van der Waals surface area contributed by atoms with E-state index in [2.05, 4.69) is 52.4 Å². The first kappa shape index (κ1) is 13.4. The number of imidazole rings is 1. The van der Waals surface area contributed by atoms with Gasteiger partial charge in [0.2, 0.25) is 0 Å². The van der Waals surface area contributed by atoms with Crippen molar-refractivity contribution in [3.05, 3.63) is 24.0 Å². The Hall–Kier alpha value is -1.55. The fraction of sp³-hybridized carbons (Fsp3) is 0.562. The first-order valence-corrected chi connectivity index (χ1v) is 7.53. The topological polar surface area (TPSA) is 44.0 Å². The Morgan fingerprint density at radius 1 is 1.35 bits per heavy atom. The van der Waals surface area contributed by atoms with Gasteiger partial charge in [-0.05, 0) is 70.9 Å². The maximum Gasteiger partial charge on any atom is 0.104 e. The predicted octanol–water partition coefficient (Wildman–Crippen LogP) is 3.01. The molecule has 1 atom stereocenters. The van der Waals surface area contributed by atoms with Crippen LogP contribution in [0.3, 0.4) is 0 Å². The fourth-order valence-electron chi connectivity index (χ4n) is 3.14. The van der Waals surface area contributed by atoms with Crippen LogP contribution in [0.15, 0.2) is 18.2 Å². The number of hydrogen-bond donors (Lipinski definition) is 2. The first-order valence-electron chi connectivity index (χ1n) is 7.53. The lowest BCUT2D eigenvalue weighted by atomic mass is 9.90. The number of anilines is 1. The van der Waals surface area contributed by atoms with Crippen LogP contribution >= 0.6 is 0 Å². The second kappa shape index (κ2) is 5.44. The lowest BCUT2D eigenvalue weighted by Gasteiger charge is -2.33. The number of fused-ring (bicyclic) bond motifs is 1. The monoisotopic (exact) mass is 272 g/mol. The smallest absolute Gasteiger partial charge is 0.104 e. The summed E-state index contributed by atoms with van der Waals surface area (Å²) in [5.74, 6) is 1.74. The van der Waals surface area contributed by atoms with E-state index in [-0.39, 0.29) is 0 Å². The number of H-pyrrole nitrogens is 1. The summed E-state index contributed by atoms with van der Waals surface area (Å²) in [7, 11) is 2.21. The highest BCUT2D eigenvalue weighted by Gasteiger charge is 2.22. The molecule has 0 radical (unpaired) electrons. The molecule has 2 N–H and O–H groups in total. The van der Waals surface area contributed by atoms with Crippen LogP contribution in [-0.2, 0) is 0 Å². The van der Waals surface area contributed by atoms with Gasteiger partial charge in [-0.3, -0.25) is 0 Å². The summed E-state index contributed by atoms with van der Waals surface area (Å²) < 4.78 is 0. The fourth-order valence-corrected chi connectivity index (χ4v) is 3.14. The Bertz CT molecular complexity index is 581. The maximum absolute atomic E-state index is 4.44. The number of piperidine rings is 1. The van der Waals surface area contributed by atoms with E-state index in [9.17, 15) is 0 Å². The Morgan fingerprint density at radius 2 is 2.10 bits per heavy atom. The maximum atomic E-state index is 4.44. The molecule has 1 aromatic heterocycles. The number of aryl methyl sites for hydroxylation is 1. The molecule has 0 bridgehead atoms. The van der Waals surface area contributed by atoms with Gasteiger partial charge >= 0.3 is 0 Å². The van der Waals surface area contributed by atoms with Crippen molar-refractivity contribution in [3.63, 3.8) is 0 Å². The number of rotatable bonds is 3. The molecule has 20 heavy (non-hydrogen) atoms. The summed E-state index contributed by atoms with van der Waals surface area (Å²) in [5, 5.41) is 3.66. The van der Waals surface area contributed by atoms with E-state index in [1.807, 2.05) is 6.92 Å². The average molecular weight is 272 g/mol. The van der Waals surface area contributed by atoms with Gasteiger partial charge in [0.05, 0.1) is 11.0 Å². The molecule has 1 saturated heterocycles. The van der Waals surface area contributed by atoms with Crippen LogP contribution in [0, 0.1) is 12.8 Å². The molecular formula is C16H24N4. The van der Waals surface area contributed by atoms with Gasteiger partial charge in [0.1, 0.15) is 5.82 Å². The van der Waals surface area contributed by atoms with Crippen molar-refractivity contribution in [3.8, 4) is 0 Å². The van der Waals surface area contributed by atoms with E-state index < -0.39 is 0 Å². The number of likely N-dealkylation sites (tertiary alicyclic amines) is 1. The van der Waals surface area contributed by atoms with Gasteiger partial charge in [0.15, 0.2) is 0 Å². The number of benzene rings is 1. The molecule has 1 aromatic carbocycles. The summed E-state index contributed by atoms with van der Waals surface area (Å²) in [5.41, 5.74) is 3.34. The van der Waals surface area contributed by atoms with Crippen molar-refractivity contribution >= 4 is 16.7 Å². The van der Waals surface area contributed by atoms with Crippen molar-refractivity contribution in [2.75, 3.05) is 25.5 Å². The van der Waals surface area contributed by atoms with Crippen molar-refractivity contribution in [1.29, 1.82) is 0 Å². The molecule has 0 spiro atoms. The van der Waals surface area contributed by atoms with Crippen molar-refractivity contribution in [2.24, 2.45) is 5.92 Å². The van der Waals surface area contributed by atoms with Gasteiger partial charge in [-0.25, -0.2) is 4.98 Å². The van der Waals surface area contributed by atoms with E-state index >= 15 is 0 Å². The van der Waals surface area contributed by atoms with Crippen LogP contribution in [0.2, 0.25) is 0 Å². The van der Waals surface area contributed by atoms with Gasteiger partial charge in [0.25, 0.3) is 0 Å². The Balaban J connectivity index is 1.68. The molecule has 1 aliphatic rings. The highest BCUT2D eigenvalue weighted by Crippen LogP contribution is 2.24.